The molecule has 1 N–H and O–H groups in total. The van der Waals surface area contributed by atoms with E-state index in [1.165, 1.54) is 19.1 Å². The van der Waals surface area contributed by atoms with Crippen molar-refractivity contribution in [3.63, 3.8) is 0 Å². The summed E-state index contributed by atoms with van der Waals surface area (Å²) in [4.78, 5) is 27.6. The summed E-state index contributed by atoms with van der Waals surface area (Å²) in [5, 5.41) is 2.68. The van der Waals surface area contributed by atoms with E-state index < -0.39 is 0 Å². The molecular weight excluding hydrogens is 349 g/mol. The number of nitrogens with one attached hydrogen (secondary N) is 1. The number of amides is 2. The van der Waals surface area contributed by atoms with Crippen molar-refractivity contribution in [2.24, 2.45) is 0 Å². The molecule has 1 saturated heterocycles. The van der Waals surface area contributed by atoms with Crippen LogP contribution in [0.5, 0.6) is 5.75 Å². The molecule has 0 unspecified atom stereocenters. The molecule has 2 aromatic carbocycles. The van der Waals surface area contributed by atoms with Crippen LogP contribution in [0, 0.1) is 5.82 Å². The zero-order valence-electron chi connectivity index (χ0n) is 15.2. The minimum absolute atomic E-state index is 0.0901. The van der Waals surface area contributed by atoms with Crippen LogP contribution in [0.25, 0.3) is 0 Å². The minimum Gasteiger partial charge on any atom is -0.482 e. The van der Waals surface area contributed by atoms with Crippen LogP contribution < -0.4 is 15.0 Å². The predicted octanol–water partition coefficient (Wildman–Crippen LogP) is 2.51. The largest absolute Gasteiger partial charge is 0.482 e. The first kappa shape index (κ1) is 18.7. The van der Waals surface area contributed by atoms with Crippen molar-refractivity contribution >= 4 is 23.2 Å². The molecule has 0 radical (unpaired) electrons. The topological polar surface area (TPSA) is 61.9 Å². The van der Waals surface area contributed by atoms with Gasteiger partial charge in [0.1, 0.15) is 11.6 Å². The van der Waals surface area contributed by atoms with Gasteiger partial charge in [0, 0.05) is 38.8 Å². The van der Waals surface area contributed by atoms with E-state index in [0.717, 1.165) is 5.69 Å². The molecule has 0 aromatic heterocycles. The van der Waals surface area contributed by atoms with Crippen molar-refractivity contribution in [2.75, 3.05) is 43.0 Å². The van der Waals surface area contributed by atoms with Crippen LogP contribution in [0.2, 0.25) is 0 Å². The summed E-state index contributed by atoms with van der Waals surface area (Å²) in [5.74, 6) is -0.101. The predicted molar refractivity (Wildman–Crippen MR) is 101 cm³/mol. The van der Waals surface area contributed by atoms with E-state index in [1.54, 1.807) is 41.3 Å². The molecule has 1 fully saturated rings. The molecule has 2 amide bonds. The number of piperazine rings is 1. The van der Waals surface area contributed by atoms with Gasteiger partial charge in [0.15, 0.2) is 6.61 Å². The van der Waals surface area contributed by atoms with Gasteiger partial charge < -0.3 is 19.9 Å². The van der Waals surface area contributed by atoms with Crippen molar-refractivity contribution in [3.05, 3.63) is 54.3 Å². The lowest BCUT2D eigenvalue weighted by atomic mass is 10.2. The Balaban J connectivity index is 1.51. The molecule has 27 heavy (non-hydrogen) atoms. The van der Waals surface area contributed by atoms with Crippen LogP contribution in [0.15, 0.2) is 48.5 Å². The number of anilines is 2. The molecule has 1 aliphatic rings. The van der Waals surface area contributed by atoms with E-state index in [1.807, 2.05) is 0 Å². The lowest BCUT2D eigenvalue weighted by Crippen LogP contribution is -2.50. The molecule has 0 bridgehead atoms. The summed E-state index contributed by atoms with van der Waals surface area (Å²) in [6, 6.07) is 13.4. The Bertz CT molecular complexity index is 802. The van der Waals surface area contributed by atoms with Gasteiger partial charge >= 0.3 is 0 Å². The normalized spacial score (nSPS) is 14.0. The summed E-state index contributed by atoms with van der Waals surface area (Å²) >= 11 is 0. The van der Waals surface area contributed by atoms with Crippen molar-refractivity contribution in [1.29, 1.82) is 0 Å². The zero-order chi connectivity index (χ0) is 19.2. The average molecular weight is 371 g/mol. The maximum atomic E-state index is 13.0. The van der Waals surface area contributed by atoms with Gasteiger partial charge in [-0.15, -0.1) is 0 Å². The van der Waals surface area contributed by atoms with Gasteiger partial charge in [0.05, 0.1) is 5.69 Å². The number of hydrogen-bond donors (Lipinski definition) is 1. The molecular formula is C20H22FN3O3. The molecule has 6 nitrogen and oxygen atoms in total. The molecule has 0 saturated carbocycles. The number of nitrogens with zero attached hydrogens (tertiary/aromatic N) is 2. The Morgan fingerprint density at radius 2 is 1.70 bits per heavy atom. The van der Waals surface area contributed by atoms with Crippen LogP contribution in [-0.2, 0) is 9.59 Å². The second-order valence-electron chi connectivity index (χ2n) is 6.31. The molecule has 0 aliphatic carbocycles. The smallest absolute Gasteiger partial charge is 0.260 e. The Morgan fingerprint density at radius 1 is 1.04 bits per heavy atom. The quantitative estimate of drug-likeness (QED) is 0.877. The fourth-order valence-corrected chi connectivity index (χ4v) is 2.98. The molecule has 0 spiro atoms. The monoisotopic (exact) mass is 371 g/mol. The third-order valence-corrected chi connectivity index (χ3v) is 4.37. The summed E-state index contributed by atoms with van der Waals surface area (Å²) < 4.78 is 18.7. The van der Waals surface area contributed by atoms with Gasteiger partial charge in [-0.25, -0.2) is 4.39 Å². The Hall–Kier alpha value is -3.09. The fraction of sp³-hybridized carbons (Fsp3) is 0.300. The first-order valence-corrected chi connectivity index (χ1v) is 8.80. The second kappa shape index (κ2) is 8.53. The number of para-hydroxylation sites is 2. The highest BCUT2D eigenvalue weighted by Gasteiger charge is 2.22. The van der Waals surface area contributed by atoms with E-state index in [-0.39, 0.29) is 24.2 Å². The van der Waals surface area contributed by atoms with Gasteiger partial charge in [-0.3, -0.25) is 9.59 Å². The average Bonchev–Trinajstić information content (AvgIpc) is 2.67. The van der Waals surface area contributed by atoms with Gasteiger partial charge in [0.2, 0.25) is 5.91 Å². The van der Waals surface area contributed by atoms with Crippen LogP contribution in [0.1, 0.15) is 6.92 Å². The molecule has 3 rings (SSSR count). The number of ether oxygens (including phenoxy) is 1. The maximum Gasteiger partial charge on any atom is 0.260 e. The number of benzene rings is 2. The van der Waals surface area contributed by atoms with E-state index in [9.17, 15) is 14.0 Å². The molecule has 1 aliphatic heterocycles. The number of halogens is 1. The number of carbonyl (C=O) groups excluding carboxylic acids is 2. The van der Waals surface area contributed by atoms with Crippen LogP contribution in [0.3, 0.4) is 0 Å². The zero-order valence-corrected chi connectivity index (χ0v) is 15.2. The first-order valence-electron chi connectivity index (χ1n) is 8.80. The molecule has 7 heteroatoms. The number of hydrogen-bond acceptors (Lipinski definition) is 4. The van der Waals surface area contributed by atoms with Crippen molar-refractivity contribution < 1.29 is 18.7 Å². The molecule has 142 valence electrons. The lowest BCUT2D eigenvalue weighted by Gasteiger charge is -2.36. The molecule has 2 aromatic rings. The van der Waals surface area contributed by atoms with E-state index in [4.69, 9.17) is 4.74 Å². The maximum absolute atomic E-state index is 13.0. The highest BCUT2D eigenvalue weighted by Crippen LogP contribution is 2.24. The van der Waals surface area contributed by atoms with Gasteiger partial charge in [-0.1, -0.05) is 12.1 Å². The summed E-state index contributed by atoms with van der Waals surface area (Å²) in [6.07, 6.45) is 0. The summed E-state index contributed by atoms with van der Waals surface area (Å²) in [5.41, 5.74) is 1.49. The van der Waals surface area contributed by atoms with Crippen LogP contribution in [0.4, 0.5) is 15.8 Å². The lowest BCUT2D eigenvalue weighted by molar-refractivity contribution is -0.133. The van der Waals surface area contributed by atoms with Crippen molar-refractivity contribution in [1.82, 2.24) is 4.90 Å². The minimum atomic E-state index is -0.260. The number of rotatable bonds is 5. The first-order chi connectivity index (χ1) is 13.0. The third-order valence-electron chi connectivity index (χ3n) is 4.37. The Kier molecular flexibility index (Phi) is 5.90. The summed E-state index contributed by atoms with van der Waals surface area (Å²) in [7, 11) is 0. The van der Waals surface area contributed by atoms with Gasteiger partial charge in [0.25, 0.3) is 5.91 Å². The van der Waals surface area contributed by atoms with E-state index in [0.29, 0.717) is 37.6 Å². The van der Waals surface area contributed by atoms with Gasteiger partial charge in [-0.05, 0) is 36.4 Å². The Morgan fingerprint density at radius 3 is 2.37 bits per heavy atom. The van der Waals surface area contributed by atoms with Gasteiger partial charge in [-0.2, -0.15) is 0 Å². The number of carbonyl (C=O) groups is 2. The summed E-state index contributed by atoms with van der Waals surface area (Å²) in [6.45, 7) is 3.84. The SMILES string of the molecule is CC(=O)Nc1ccccc1OCC(=O)N1CCN(c2ccc(F)cc2)CC1. The van der Waals surface area contributed by atoms with Crippen LogP contribution in [-0.4, -0.2) is 49.5 Å². The second-order valence-corrected chi connectivity index (χ2v) is 6.31. The molecule has 1 heterocycles. The highest BCUT2D eigenvalue weighted by molar-refractivity contribution is 5.90. The standard InChI is InChI=1S/C20H22FN3O3/c1-15(25)22-18-4-2-3-5-19(18)27-14-20(26)24-12-10-23(11-13-24)17-8-6-16(21)7-9-17/h2-9H,10-14H2,1H3,(H,22,25). The Labute approximate surface area is 157 Å². The fourth-order valence-electron chi connectivity index (χ4n) is 2.98. The van der Waals surface area contributed by atoms with E-state index >= 15 is 0 Å². The van der Waals surface area contributed by atoms with Crippen molar-refractivity contribution in [3.8, 4) is 5.75 Å². The highest BCUT2D eigenvalue weighted by atomic mass is 19.1. The van der Waals surface area contributed by atoms with Crippen molar-refractivity contribution in [2.45, 2.75) is 6.92 Å². The molecule has 0 atom stereocenters. The van der Waals surface area contributed by atoms with Crippen LogP contribution >= 0.6 is 0 Å². The third kappa shape index (κ3) is 4.97. The van der Waals surface area contributed by atoms with E-state index in [2.05, 4.69) is 10.2 Å².